The first-order valence-corrected chi connectivity index (χ1v) is 15.7. The summed E-state index contributed by atoms with van der Waals surface area (Å²) >= 11 is 0. The van der Waals surface area contributed by atoms with E-state index in [9.17, 15) is 9.59 Å². The lowest BCUT2D eigenvalue weighted by Gasteiger charge is -2.37. The minimum atomic E-state index is -1.58. The van der Waals surface area contributed by atoms with E-state index in [2.05, 4.69) is 4.98 Å². The normalized spacial score (nSPS) is 20.4. The van der Waals surface area contributed by atoms with Crippen LogP contribution in [0.25, 0.3) is 0 Å². The number of methoxy groups -OCH3 is 2. The summed E-state index contributed by atoms with van der Waals surface area (Å²) in [6.45, 7) is 2.59. The Bertz CT molecular complexity index is 1640. The molecule has 11 nitrogen and oxygen atoms in total. The zero-order chi connectivity index (χ0) is 31.4. The fourth-order valence-corrected chi connectivity index (χ4v) is 6.73. The first-order valence-electron chi connectivity index (χ1n) is 14.6. The number of H-pyrrole nitrogens is 1. The summed E-state index contributed by atoms with van der Waals surface area (Å²) in [4.78, 5) is 27.2. The molecule has 0 unspecified atom stereocenters. The quantitative estimate of drug-likeness (QED) is 0.183. The van der Waals surface area contributed by atoms with E-state index >= 15 is 0 Å². The third-order valence-electron chi connectivity index (χ3n) is 7.97. The Hall–Kier alpha value is -3.83. The second-order valence-electron chi connectivity index (χ2n) is 10.7. The molecule has 0 amide bonds. The lowest BCUT2D eigenvalue weighted by atomic mass is 9.80. The number of nitrogens with zero attached hydrogens (tertiary/aromatic N) is 1. The van der Waals surface area contributed by atoms with Gasteiger partial charge in [0.1, 0.15) is 29.4 Å². The van der Waals surface area contributed by atoms with Crippen molar-refractivity contribution in [3.63, 3.8) is 0 Å². The molecule has 0 radical (unpaired) electrons. The average molecular weight is 635 g/mol. The van der Waals surface area contributed by atoms with Crippen LogP contribution in [-0.4, -0.2) is 55.8 Å². The third-order valence-corrected chi connectivity index (χ3v) is 9.20. The maximum atomic E-state index is 12.8. The molecule has 1 N–H and O–H groups in total. The zero-order valence-corrected chi connectivity index (χ0v) is 26.1. The summed E-state index contributed by atoms with van der Waals surface area (Å²) in [6.07, 6.45) is -0.0443. The van der Waals surface area contributed by atoms with E-state index in [-0.39, 0.29) is 6.61 Å². The van der Waals surface area contributed by atoms with Crippen LogP contribution in [0, 0.1) is 6.92 Å². The number of hydrogen-bond acceptors (Lipinski definition) is 9. The first kappa shape index (κ1) is 31.2. The molecule has 45 heavy (non-hydrogen) atoms. The largest absolute Gasteiger partial charge is 0.497 e. The molecule has 6 rings (SSSR count). The van der Waals surface area contributed by atoms with Gasteiger partial charge in [-0.2, -0.15) is 0 Å². The summed E-state index contributed by atoms with van der Waals surface area (Å²) in [6, 6.07) is 25.5. The summed E-state index contributed by atoms with van der Waals surface area (Å²) in [5.74, 6) is 1.43. The summed E-state index contributed by atoms with van der Waals surface area (Å²) in [5, 5.41) is 0. The SMILES string of the molecule is COc1ccc(C(OC[C@H]2O[C@@H](n3cc(C)c(=O)[nH]c3=O)C[C@@H]2OP2OCCO2)(c2ccccc2)c2ccc(OC)cc2)cc1. The highest BCUT2D eigenvalue weighted by Crippen LogP contribution is 2.49. The van der Waals surface area contributed by atoms with E-state index in [1.807, 2.05) is 78.9 Å². The summed E-state index contributed by atoms with van der Waals surface area (Å²) in [5.41, 5.74) is 0.936. The number of ether oxygens (including phenoxy) is 4. The molecule has 3 atom stereocenters. The number of benzene rings is 3. The van der Waals surface area contributed by atoms with E-state index in [0.29, 0.717) is 36.7 Å². The first-order chi connectivity index (χ1) is 21.9. The number of nitrogens with one attached hydrogen (secondary N) is 1. The fourth-order valence-electron chi connectivity index (χ4n) is 5.65. The number of hydrogen-bond donors (Lipinski definition) is 1. The van der Waals surface area contributed by atoms with Gasteiger partial charge in [0.05, 0.1) is 40.1 Å². The van der Waals surface area contributed by atoms with Crippen LogP contribution in [0.2, 0.25) is 0 Å². The molecule has 3 aromatic carbocycles. The lowest BCUT2D eigenvalue weighted by molar-refractivity contribution is -0.0923. The Kier molecular flexibility index (Phi) is 9.46. The highest BCUT2D eigenvalue weighted by molar-refractivity contribution is 7.41. The number of aromatic amines is 1. The molecular weight excluding hydrogens is 599 g/mol. The van der Waals surface area contributed by atoms with Gasteiger partial charge in [0.25, 0.3) is 5.56 Å². The molecular formula is C33H35N2O9P. The van der Waals surface area contributed by atoms with Crippen molar-refractivity contribution >= 4 is 8.60 Å². The van der Waals surface area contributed by atoms with Crippen LogP contribution in [-0.2, 0) is 28.6 Å². The fraction of sp³-hybridized carbons (Fsp3) is 0.333. The summed E-state index contributed by atoms with van der Waals surface area (Å²) in [7, 11) is 1.67. The Labute approximate surface area is 261 Å². The highest BCUT2D eigenvalue weighted by atomic mass is 31.2. The van der Waals surface area contributed by atoms with Gasteiger partial charge in [-0.15, -0.1) is 0 Å². The van der Waals surface area contributed by atoms with Crippen LogP contribution >= 0.6 is 8.60 Å². The average Bonchev–Trinajstić information content (AvgIpc) is 3.74. The van der Waals surface area contributed by atoms with E-state index in [4.69, 9.17) is 32.5 Å². The molecule has 0 bridgehead atoms. The molecule has 12 heteroatoms. The van der Waals surface area contributed by atoms with Gasteiger partial charge < -0.3 is 32.5 Å². The molecule has 4 aromatic rings. The number of aryl methyl sites for hydroxylation is 1. The van der Waals surface area contributed by atoms with Crippen LogP contribution in [0.5, 0.6) is 11.5 Å². The molecule has 0 spiro atoms. The van der Waals surface area contributed by atoms with Crippen molar-refractivity contribution in [3.05, 3.63) is 128 Å². The second-order valence-corrected chi connectivity index (χ2v) is 11.9. The predicted molar refractivity (Wildman–Crippen MR) is 167 cm³/mol. The number of rotatable bonds is 11. The number of aromatic nitrogens is 2. The third kappa shape index (κ3) is 6.46. The molecule has 0 saturated carbocycles. The monoisotopic (exact) mass is 634 g/mol. The highest BCUT2D eigenvalue weighted by Gasteiger charge is 2.44. The van der Waals surface area contributed by atoms with Crippen molar-refractivity contribution in [1.82, 2.24) is 9.55 Å². The minimum absolute atomic E-state index is 0.0778. The molecule has 0 aliphatic carbocycles. The van der Waals surface area contributed by atoms with Gasteiger partial charge in [-0.05, 0) is 47.9 Å². The van der Waals surface area contributed by atoms with Gasteiger partial charge in [0, 0.05) is 18.2 Å². The van der Waals surface area contributed by atoms with E-state index in [1.54, 1.807) is 21.1 Å². The maximum Gasteiger partial charge on any atom is 0.333 e. The molecule has 2 fully saturated rings. The van der Waals surface area contributed by atoms with Crippen LogP contribution in [0.3, 0.4) is 0 Å². The van der Waals surface area contributed by atoms with Crippen LogP contribution in [0.15, 0.2) is 94.6 Å². The van der Waals surface area contributed by atoms with Crippen LogP contribution in [0.1, 0.15) is 34.9 Å². The van der Waals surface area contributed by atoms with E-state index in [0.717, 1.165) is 16.7 Å². The Morgan fingerprint density at radius 3 is 2.02 bits per heavy atom. The Morgan fingerprint density at radius 2 is 1.44 bits per heavy atom. The topological polar surface area (TPSA) is 119 Å². The van der Waals surface area contributed by atoms with Gasteiger partial charge in [-0.3, -0.25) is 14.3 Å². The van der Waals surface area contributed by atoms with Crippen LogP contribution in [0.4, 0.5) is 0 Å². The van der Waals surface area contributed by atoms with E-state index in [1.165, 1.54) is 10.8 Å². The van der Waals surface area contributed by atoms with Crippen molar-refractivity contribution in [3.8, 4) is 11.5 Å². The van der Waals surface area contributed by atoms with Gasteiger partial charge in [-0.25, -0.2) is 4.79 Å². The zero-order valence-electron chi connectivity index (χ0n) is 25.2. The van der Waals surface area contributed by atoms with Crippen molar-refractivity contribution in [2.75, 3.05) is 34.0 Å². The van der Waals surface area contributed by atoms with Gasteiger partial charge in [0.2, 0.25) is 0 Å². The van der Waals surface area contributed by atoms with Crippen LogP contribution < -0.4 is 20.7 Å². The van der Waals surface area contributed by atoms with Crippen molar-refractivity contribution < 1.29 is 32.5 Å². The Morgan fingerprint density at radius 1 is 0.867 bits per heavy atom. The second kappa shape index (κ2) is 13.7. The summed E-state index contributed by atoms with van der Waals surface area (Å²) < 4.78 is 43.4. The minimum Gasteiger partial charge on any atom is -0.497 e. The predicted octanol–water partition coefficient (Wildman–Crippen LogP) is 4.82. The van der Waals surface area contributed by atoms with E-state index < -0.39 is 43.9 Å². The maximum absolute atomic E-state index is 12.8. The van der Waals surface area contributed by atoms with Gasteiger partial charge in [0.15, 0.2) is 0 Å². The molecule has 2 aliphatic rings. The standard InChI is InChI=1S/C33H35N2O9P/c1-22-20-35(32(37)34-31(22)36)30-19-28(44-45-41-17-18-42-45)29(43-30)21-40-33(23-7-5-4-6-8-23,24-9-13-26(38-2)14-10-24)25-11-15-27(39-3)16-12-25/h4-16,20,28-30H,17-19,21H2,1-3H3,(H,34,36,37)/t28-,29+,30+/m0/s1. The molecule has 2 saturated heterocycles. The molecule has 1 aromatic heterocycles. The van der Waals surface area contributed by atoms with Gasteiger partial charge in [-0.1, -0.05) is 54.6 Å². The Balaban J connectivity index is 1.40. The van der Waals surface area contributed by atoms with Gasteiger partial charge >= 0.3 is 14.3 Å². The van der Waals surface area contributed by atoms with Crippen molar-refractivity contribution in [2.45, 2.75) is 37.4 Å². The lowest BCUT2D eigenvalue weighted by Crippen LogP contribution is -2.38. The van der Waals surface area contributed by atoms with Crippen molar-refractivity contribution in [1.29, 1.82) is 0 Å². The molecule has 2 aliphatic heterocycles. The molecule has 3 heterocycles. The van der Waals surface area contributed by atoms with Crippen molar-refractivity contribution in [2.24, 2.45) is 0 Å². The smallest absolute Gasteiger partial charge is 0.333 e. The molecule has 236 valence electrons.